The summed E-state index contributed by atoms with van der Waals surface area (Å²) in [7, 11) is 0. The van der Waals surface area contributed by atoms with Crippen molar-refractivity contribution in [1.82, 2.24) is 15.2 Å². The number of anilines is 1. The molecule has 1 fully saturated rings. The van der Waals surface area contributed by atoms with Gasteiger partial charge in [0.05, 0.1) is 21.9 Å². The molecule has 0 unspecified atom stereocenters. The second kappa shape index (κ2) is 6.50. The van der Waals surface area contributed by atoms with Crippen LogP contribution < -0.4 is 5.32 Å². The second-order valence-electron chi connectivity index (χ2n) is 7.26. The van der Waals surface area contributed by atoms with Crippen molar-refractivity contribution in [2.24, 2.45) is 5.92 Å². The number of carbonyl (C=O) groups is 1. The number of nitrogens with one attached hydrogen (secondary N) is 2. The molecule has 5 nitrogen and oxygen atoms in total. The molecule has 2 N–H and O–H groups in total. The van der Waals surface area contributed by atoms with Gasteiger partial charge in [-0.25, -0.2) is 4.98 Å². The van der Waals surface area contributed by atoms with Crippen molar-refractivity contribution < 1.29 is 4.79 Å². The predicted molar refractivity (Wildman–Crippen MR) is 119 cm³/mol. The van der Waals surface area contributed by atoms with E-state index < -0.39 is 0 Å². The maximum atomic E-state index is 12.1. The summed E-state index contributed by atoms with van der Waals surface area (Å²) in [5, 5.41) is 14.2. The lowest BCUT2D eigenvalue weighted by Gasteiger charge is -2.10. The zero-order valence-electron chi connectivity index (χ0n) is 15.3. The van der Waals surface area contributed by atoms with Crippen LogP contribution in [0.25, 0.3) is 42.7 Å². The Morgan fingerprint density at radius 3 is 2.93 bits per heavy atom. The maximum absolute atomic E-state index is 12.1. The molecule has 1 saturated carbocycles. The third-order valence-electron chi connectivity index (χ3n) is 5.27. The largest absolute Gasteiger partial charge is 0.302 e. The lowest BCUT2D eigenvalue weighted by atomic mass is 9.95. The van der Waals surface area contributed by atoms with Gasteiger partial charge in [-0.2, -0.15) is 5.10 Å². The predicted octanol–water partition coefficient (Wildman–Crippen LogP) is 5.92. The summed E-state index contributed by atoms with van der Waals surface area (Å²) in [5.74, 6) is 0.261. The summed E-state index contributed by atoms with van der Waals surface area (Å²) in [6, 6.07) is 14.8. The Kier molecular flexibility index (Phi) is 3.79. The van der Waals surface area contributed by atoms with Crippen LogP contribution in [0.15, 0.2) is 54.0 Å². The van der Waals surface area contributed by atoms with E-state index in [-0.39, 0.29) is 11.8 Å². The molecular formula is C22H16N4OS2. The number of amides is 1. The summed E-state index contributed by atoms with van der Waals surface area (Å²) < 4.78 is 1.06. The lowest BCUT2D eigenvalue weighted by molar-refractivity contribution is -0.117. The van der Waals surface area contributed by atoms with E-state index in [9.17, 15) is 4.79 Å². The number of nitrogens with zero attached hydrogens (tertiary/aromatic N) is 2. The summed E-state index contributed by atoms with van der Waals surface area (Å²) in [6.07, 6.45) is 3.86. The van der Waals surface area contributed by atoms with Crippen molar-refractivity contribution in [3.05, 3.63) is 54.0 Å². The highest BCUT2D eigenvalue weighted by atomic mass is 32.1. The van der Waals surface area contributed by atoms with Gasteiger partial charge in [-0.3, -0.25) is 9.89 Å². The monoisotopic (exact) mass is 416 g/mol. The molecule has 7 heteroatoms. The maximum Gasteiger partial charge on any atom is 0.229 e. The van der Waals surface area contributed by atoms with Crippen LogP contribution in [0.3, 0.4) is 0 Å². The zero-order chi connectivity index (χ0) is 19.4. The van der Waals surface area contributed by atoms with Crippen LogP contribution in [0, 0.1) is 5.92 Å². The summed E-state index contributed by atoms with van der Waals surface area (Å²) in [5.41, 5.74) is 5.40. The van der Waals surface area contributed by atoms with Crippen LogP contribution in [0.2, 0.25) is 0 Å². The molecule has 0 radical (unpaired) electrons. The quantitative estimate of drug-likeness (QED) is 0.382. The molecule has 1 aliphatic rings. The molecule has 2 aromatic carbocycles. The Bertz CT molecular complexity index is 1360. The van der Waals surface area contributed by atoms with Gasteiger partial charge in [-0.1, -0.05) is 29.5 Å². The Labute approximate surface area is 174 Å². The number of aromatic nitrogens is 3. The molecule has 0 aliphatic heterocycles. The molecule has 0 spiro atoms. The standard InChI is InChI=1S/C22H16N4OS2/c27-21(12-3-4-12)25-22-24-17-7-5-13(10-19(17)29-22)20-14(18-2-1-9-28-18)6-8-16-15(20)11-23-26-16/h1-2,5-12H,3-4H2,(H,23,26)(H,24,25,27). The minimum atomic E-state index is 0.0902. The van der Waals surface area contributed by atoms with Crippen LogP contribution in [0.4, 0.5) is 5.13 Å². The second-order valence-corrected chi connectivity index (χ2v) is 9.24. The van der Waals surface area contributed by atoms with Crippen LogP contribution >= 0.6 is 22.7 Å². The number of H-pyrrole nitrogens is 1. The zero-order valence-corrected chi connectivity index (χ0v) is 16.9. The highest BCUT2D eigenvalue weighted by Gasteiger charge is 2.30. The lowest BCUT2D eigenvalue weighted by Crippen LogP contribution is -2.12. The van der Waals surface area contributed by atoms with E-state index in [0.29, 0.717) is 5.13 Å². The minimum Gasteiger partial charge on any atom is -0.302 e. The smallest absolute Gasteiger partial charge is 0.229 e. The number of hydrogen-bond acceptors (Lipinski definition) is 5. The summed E-state index contributed by atoms with van der Waals surface area (Å²) in [6.45, 7) is 0. The number of thiazole rings is 1. The van der Waals surface area contributed by atoms with E-state index in [0.717, 1.165) is 45.1 Å². The third-order valence-corrected chi connectivity index (χ3v) is 7.10. The fourth-order valence-electron chi connectivity index (χ4n) is 3.65. The van der Waals surface area contributed by atoms with Crippen molar-refractivity contribution in [3.8, 4) is 21.6 Å². The van der Waals surface area contributed by atoms with Crippen molar-refractivity contribution >= 4 is 54.8 Å². The number of aromatic amines is 1. The Morgan fingerprint density at radius 1 is 1.17 bits per heavy atom. The Balaban J connectivity index is 1.49. The number of fused-ring (bicyclic) bond motifs is 2. The highest BCUT2D eigenvalue weighted by molar-refractivity contribution is 7.22. The number of thiophene rings is 1. The van der Waals surface area contributed by atoms with Crippen molar-refractivity contribution in [2.45, 2.75) is 12.8 Å². The van der Waals surface area contributed by atoms with Gasteiger partial charge in [0.25, 0.3) is 0 Å². The van der Waals surface area contributed by atoms with Gasteiger partial charge in [-0.05, 0) is 48.1 Å². The van der Waals surface area contributed by atoms with Crippen molar-refractivity contribution in [3.63, 3.8) is 0 Å². The molecule has 29 heavy (non-hydrogen) atoms. The van der Waals surface area contributed by atoms with E-state index in [1.807, 2.05) is 12.3 Å². The topological polar surface area (TPSA) is 70.7 Å². The first-order valence-corrected chi connectivity index (χ1v) is 11.2. The number of benzene rings is 2. The van der Waals surface area contributed by atoms with Crippen LogP contribution in [-0.4, -0.2) is 21.1 Å². The van der Waals surface area contributed by atoms with Gasteiger partial charge in [-0.15, -0.1) is 11.3 Å². The molecule has 1 amide bonds. The average Bonchev–Trinajstić information content (AvgIpc) is 3.11. The van der Waals surface area contributed by atoms with Crippen molar-refractivity contribution in [1.29, 1.82) is 0 Å². The molecule has 5 aromatic rings. The molecule has 1 aliphatic carbocycles. The summed E-state index contributed by atoms with van der Waals surface area (Å²) in [4.78, 5) is 17.9. The molecule has 0 saturated heterocycles. The van der Waals surface area contributed by atoms with Crippen LogP contribution in [-0.2, 0) is 4.79 Å². The number of carbonyl (C=O) groups excluding carboxylic acids is 1. The van der Waals surface area contributed by atoms with Gasteiger partial charge in [0.2, 0.25) is 5.91 Å². The summed E-state index contributed by atoms with van der Waals surface area (Å²) >= 11 is 3.26. The van der Waals surface area contributed by atoms with E-state index in [2.05, 4.69) is 62.3 Å². The minimum absolute atomic E-state index is 0.0902. The fourth-order valence-corrected chi connectivity index (χ4v) is 5.32. The van der Waals surface area contributed by atoms with E-state index >= 15 is 0 Å². The molecule has 0 atom stereocenters. The first-order chi connectivity index (χ1) is 14.3. The first kappa shape index (κ1) is 16.9. The van der Waals surface area contributed by atoms with Crippen molar-refractivity contribution in [2.75, 3.05) is 5.32 Å². The molecule has 3 aromatic heterocycles. The highest BCUT2D eigenvalue weighted by Crippen LogP contribution is 2.41. The van der Waals surface area contributed by atoms with Gasteiger partial charge in [0.15, 0.2) is 5.13 Å². The number of hydrogen-bond donors (Lipinski definition) is 2. The number of rotatable bonds is 4. The first-order valence-electron chi connectivity index (χ1n) is 9.48. The third kappa shape index (κ3) is 2.94. The van der Waals surface area contributed by atoms with Crippen LogP contribution in [0.1, 0.15) is 12.8 Å². The molecular weight excluding hydrogens is 400 g/mol. The van der Waals surface area contributed by atoms with E-state index in [1.54, 1.807) is 11.3 Å². The van der Waals surface area contributed by atoms with E-state index in [1.165, 1.54) is 21.8 Å². The van der Waals surface area contributed by atoms with Gasteiger partial charge in [0.1, 0.15) is 0 Å². The van der Waals surface area contributed by atoms with E-state index in [4.69, 9.17) is 0 Å². The normalized spacial score (nSPS) is 13.9. The van der Waals surface area contributed by atoms with Gasteiger partial charge in [0, 0.05) is 27.3 Å². The molecule has 0 bridgehead atoms. The molecule has 6 rings (SSSR count). The SMILES string of the molecule is O=C(Nc1nc2ccc(-c3c(-c4cccs4)ccc4[nH]ncc34)cc2s1)C1CC1. The van der Waals surface area contributed by atoms with Gasteiger partial charge < -0.3 is 5.32 Å². The Hall–Kier alpha value is -3.03. The molecule has 3 heterocycles. The van der Waals surface area contributed by atoms with Gasteiger partial charge >= 0.3 is 0 Å². The fraction of sp³-hybridized carbons (Fsp3) is 0.136. The average molecular weight is 417 g/mol. The molecule has 142 valence electrons. The van der Waals surface area contributed by atoms with Crippen LogP contribution in [0.5, 0.6) is 0 Å². The Morgan fingerprint density at radius 2 is 2.10 bits per heavy atom.